The van der Waals surface area contributed by atoms with E-state index in [2.05, 4.69) is 51.3 Å². The summed E-state index contributed by atoms with van der Waals surface area (Å²) < 4.78 is 7.45. The molecular formula is C25H32N4O2. The second-order valence-electron chi connectivity index (χ2n) is 8.07. The topological polar surface area (TPSA) is 53.8 Å². The fourth-order valence-electron chi connectivity index (χ4n) is 4.30. The largest absolute Gasteiger partial charge is 0.494 e. The molecule has 1 N–H and O–H groups in total. The van der Waals surface area contributed by atoms with Crippen molar-refractivity contribution in [2.24, 2.45) is 0 Å². The third-order valence-corrected chi connectivity index (χ3v) is 5.86. The molecule has 6 heteroatoms. The number of hydrogen-bond acceptors (Lipinski definition) is 5. The maximum atomic E-state index is 9.64. The molecule has 164 valence electrons. The van der Waals surface area contributed by atoms with Crippen molar-refractivity contribution in [1.29, 1.82) is 0 Å². The lowest BCUT2D eigenvalue weighted by molar-refractivity contribution is 0.0500. The number of benzene rings is 2. The summed E-state index contributed by atoms with van der Waals surface area (Å²) in [6.07, 6.45) is 4.56. The van der Waals surface area contributed by atoms with Crippen LogP contribution >= 0.6 is 0 Å². The average molecular weight is 421 g/mol. The molecule has 6 nitrogen and oxygen atoms in total. The minimum absolute atomic E-state index is 0.215. The summed E-state index contributed by atoms with van der Waals surface area (Å²) in [7, 11) is 0. The lowest BCUT2D eigenvalue weighted by atomic mass is 10.1. The van der Waals surface area contributed by atoms with Gasteiger partial charge in [-0.3, -0.25) is 9.80 Å². The molecule has 0 spiro atoms. The Labute approximate surface area is 184 Å². The second kappa shape index (κ2) is 10.6. The zero-order valence-electron chi connectivity index (χ0n) is 18.2. The van der Waals surface area contributed by atoms with Gasteiger partial charge in [-0.2, -0.15) is 5.10 Å². The Kier molecular flexibility index (Phi) is 7.35. The van der Waals surface area contributed by atoms with E-state index >= 15 is 0 Å². The van der Waals surface area contributed by atoms with Crippen LogP contribution in [-0.2, 0) is 13.1 Å². The highest BCUT2D eigenvalue weighted by atomic mass is 16.5. The fourth-order valence-corrected chi connectivity index (χ4v) is 4.30. The standard InChI is InChI=1S/C25H32N4O2/c1-2-31-25-9-7-21(8-10-25)19-28-15-14-27(20-24(28)11-16-30)18-22-5-3-6-23(17-22)29-13-4-12-26-29/h3-10,12-13,17,24,30H,2,11,14-16,18-20H2,1H3/t24-/m0/s1. The molecule has 1 aliphatic heterocycles. The smallest absolute Gasteiger partial charge is 0.119 e. The van der Waals surface area contributed by atoms with E-state index in [1.165, 1.54) is 11.1 Å². The van der Waals surface area contributed by atoms with E-state index in [0.29, 0.717) is 12.6 Å². The number of aliphatic hydroxyl groups is 1. The number of aromatic nitrogens is 2. The van der Waals surface area contributed by atoms with E-state index in [4.69, 9.17) is 4.74 Å². The van der Waals surface area contributed by atoms with Crippen molar-refractivity contribution in [3.05, 3.63) is 78.1 Å². The minimum atomic E-state index is 0.215. The molecule has 2 aromatic carbocycles. The molecular weight excluding hydrogens is 388 g/mol. The van der Waals surface area contributed by atoms with Crippen molar-refractivity contribution in [2.45, 2.75) is 32.5 Å². The van der Waals surface area contributed by atoms with Crippen molar-refractivity contribution >= 4 is 0 Å². The summed E-state index contributed by atoms with van der Waals surface area (Å²) in [5.41, 5.74) is 3.66. The Morgan fingerprint density at radius 1 is 1.03 bits per heavy atom. The third kappa shape index (κ3) is 5.73. The van der Waals surface area contributed by atoms with E-state index in [1.807, 2.05) is 36.0 Å². The van der Waals surface area contributed by atoms with Crippen molar-refractivity contribution in [3.63, 3.8) is 0 Å². The van der Waals surface area contributed by atoms with Crippen LogP contribution in [0.3, 0.4) is 0 Å². The van der Waals surface area contributed by atoms with Crippen molar-refractivity contribution in [3.8, 4) is 11.4 Å². The van der Waals surface area contributed by atoms with E-state index < -0.39 is 0 Å². The summed E-state index contributed by atoms with van der Waals surface area (Å²) in [5, 5.41) is 14.0. The molecule has 0 amide bonds. The highest BCUT2D eigenvalue weighted by Crippen LogP contribution is 2.21. The van der Waals surface area contributed by atoms with Crippen LogP contribution in [0, 0.1) is 0 Å². The van der Waals surface area contributed by atoms with Gasteiger partial charge in [-0.15, -0.1) is 0 Å². The molecule has 4 rings (SSSR count). The number of ether oxygens (including phenoxy) is 1. The highest BCUT2D eigenvalue weighted by Gasteiger charge is 2.26. The first-order chi connectivity index (χ1) is 15.2. The number of piperazine rings is 1. The highest BCUT2D eigenvalue weighted by molar-refractivity contribution is 5.35. The molecule has 2 heterocycles. The molecule has 0 aliphatic carbocycles. The lowest BCUT2D eigenvalue weighted by Gasteiger charge is -2.41. The number of hydrogen-bond donors (Lipinski definition) is 1. The van der Waals surface area contributed by atoms with Gasteiger partial charge in [-0.25, -0.2) is 4.68 Å². The van der Waals surface area contributed by atoms with Gasteiger partial charge in [-0.1, -0.05) is 24.3 Å². The second-order valence-corrected chi connectivity index (χ2v) is 8.07. The Hall–Kier alpha value is -2.67. The average Bonchev–Trinajstić information content (AvgIpc) is 3.33. The Morgan fingerprint density at radius 3 is 2.65 bits per heavy atom. The van der Waals surface area contributed by atoms with Crippen LogP contribution in [0.15, 0.2) is 67.0 Å². The van der Waals surface area contributed by atoms with Gasteiger partial charge in [0, 0.05) is 57.8 Å². The maximum Gasteiger partial charge on any atom is 0.119 e. The van der Waals surface area contributed by atoms with E-state index in [1.54, 1.807) is 6.20 Å². The molecule has 0 bridgehead atoms. The molecule has 1 atom stereocenters. The summed E-state index contributed by atoms with van der Waals surface area (Å²) in [6.45, 7) is 7.69. The number of nitrogens with zero attached hydrogens (tertiary/aromatic N) is 4. The van der Waals surface area contributed by atoms with Crippen LogP contribution in [0.4, 0.5) is 0 Å². The number of aliphatic hydroxyl groups excluding tert-OH is 1. The normalized spacial score (nSPS) is 17.7. The summed E-state index contributed by atoms with van der Waals surface area (Å²) in [4.78, 5) is 5.00. The molecule has 1 fully saturated rings. The van der Waals surface area contributed by atoms with Crippen LogP contribution in [-0.4, -0.2) is 63.6 Å². The Bertz CT molecular complexity index is 927. The van der Waals surface area contributed by atoms with Crippen LogP contribution in [0.2, 0.25) is 0 Å². The minimum Gasteiger partial charge on any atom is -0.494 e. The van der Waals surface area contributed by atoms with Gasteiger partial charge in [0.05, 0.1) is 12.3 Å². The van der Waals surface area contributed by atoms with Crippen molar-refractivity contribution in [1.82, 2.24) is 19.6 Å². The molecule has 3 aromatic rings. The van der Waals surface area contributed by atoms with E-state index in [9.17, 15) is 5.11 Å². The van der Waals surface area contributed by atoms with Gasteiger partial charge in [0.15, 0.2) is 0 Å². The van der Waals surface area contributed by atoms with Gasteiger partial charge in [0.25, 0.3) is 0 Å². The van der Waals surface area contributed by atoms with E-state index in [-0.39, 0.29) is 6.61 Å². The predicted molar refractivity (Wildman–Crippen MR) is 122 cm³/mol. The Balaban J connectivity index is 1.38. The molecule has 0 unspecified atom stereocenters. The molecule has 31 heavy (non-hydrogen) atoms. The summed E-state index contributed by atoms with van der Waals surface area (Å²) >= 11 is 0. The van der Waals surface area contributed by atoms with Crippen LogP contribution in [0.1, 0.15) is 24.5 Å². The van der Waals surface area contributed by atoms with Gasteiger partial charge in [0.2, 0.25) is 0 Å². The molecule has 0 saturated carbocycles. The van der Waals surface area contributed by atoms with E-state index in [0.717, 1.165) is 50.6 Å². The monoisotopic (exact) mass is 420 g/mol. The first-order valence-corrected chi connectivity index (χ1v) is 11.1. The third-order valence-electron chi connectivity index (χ3n) is 5.86. The lowest BCUT2D eigenvalue weighted by Crippen LogP contribution is -2.52. The van der Waals surface area contributed by atoms with Crippen LogP contribution in [0.5, 0.6) is 5.75 Å². The van der Waals surface area contributed by atoms with Crippen molar-refractivity contribution in [2.75, 3.05) is 32.8 Å². The van der Waals surface area contributed by atoms with Crippen LogP contribution < -0.4 is 4.74 Å². The molecule has 1 aromatic heterocycles. The first-order valence-electron chi connectivity index (χ1n) is 11.1. The molecule has 0 radical (unpaired) electrons. The van der Waals surface area contributed by atoms with Crippen molar-refractivity contribution < 1.29 is 9.84 Å². The summed E-state index contributed by atoms with van der Waals surface area (Å²) in [6, 6.07) is 19.2. The quantitative estimate of drug-likeness (QED) is 0.575. The molecule has 1 saturated heterocycles. The maximum absolute atomic E-state index is 9.64. The number of rotatable bonds is 9. The zero-order chi connectivity index (χ0) is 21.5. The van der Waals surface area contributed by atoms with Crippen LogP contribution in [0.25, 0.3) is 5.69 Å². The first kappa shape index (κ1) is 21.6. The molecule has 1 aliphatic rings. The Morgan fingerprint density at radius 2 is 1.90 bits per heavy atom. The predicted octanol–water partition coefficient (Wildman–Crippen LogP) is 3.34. The fraction of sp³-hybridized carbons (Fsp3) is 0.400. The zero-order valence-corrected chi connectivity index (χ0v) is 18.2. The van der Waals surface area contributed by atoms with Gasteiger partial charge in [0.1, 0.15) is 5.75 Å². The van der Waals surface area contributed by atoms with Gasteiger partial charge >= 0.3 is 0 Å². The SMILES string of the molecule is CCOc1ccc(CN2CCN(Cc3cccc(-n4cccn4)c3)C[C@@H]2CCO)cc1. The van der Waals surface area contributed by atoms with Gasteiger partial charge in [-0.05, 0) is 54.8 Å². The van der Waals surface area contributed by atoms with Gasteiger partial charge < -0.3 is 9.84 Å². The summed E-state index contributed by atoms with van der Waals surface area (Å²) in [5.74, 6) is 0.917.